The Kier molecular flexibility index (Phi) is 6.81. The van der Waals surface area contributed by atoms with Gasteiger partial charge in [-0.1, -0.05) is 12.1 Å². The lowest BCUT2D eigenvalue weighted by atomic mass is 10.1. The Labute approximate surface area is 163 Å². The predicted molar refractivity (Wildman–Crippen MR) is 106 cm³/mol. The number of hydrogen-bond acceptors (Lipinski definition) is 4. The number of nitrogens with zero attached hydrogens (tertiary/aromatic N) is 2. The Bertz CT molecular complexity index is 758. The van der Waals surface area contributed by atoms with Crippen LogP contribution in [0.15, 0.2) is 48.5 Å². The second kappa shape index (κ2) is 9.50. The Morgan fingerprint density at radius 2 is 1.68 bits per heavy atom. The third-order valence-electron chi connectivity index (χ3n) is 4.81. The summed E-state index contributed by atoms with van der Waals surface area (Å²) in [5.41, 5.74) is 2.82. The fourth-order valence-corrected chi connectivity index (χ4v) is 3.14. The Hall–Kier alpha value is -2.67. The zero-order chi connectivity index (χ0) is 19.9. The number of likely N-dealkylation sites (N-methyl/N-ethyl adjacent to an activating group) is 1. The molecule has 0 saturated carbocycles. The molecule has 0 bridgehead atoms. The van der Waals surface area contributed by atoms with E-state index in [0.29, 0.717) is 12.8 Å². The molecule has 150 valence electrons. The van der Waals surface area contributed by atoms with Crippen LogP contribution in [0.5, 0.6) is 5.75 Å². The van der Waals surface area contributed by atoms with Gasteiger partial charge in [0.15, 0.2) is 0 Å². The van der Waals surface area contributed by atoms with Crippen molar-refractivity contribution in [1.82, 2.24) is 4.90 Å². The van der Waals surface area contributed by atoms with Crippen LogP contribution in [-0.2, 0) is 11.2 Å². The Morgan fingerprint density at radius 3 is 2.29 bits per heavy atom. The number of halogens is 2. The summed E-state index contributed by atoms with van der Waals surface area (Å²) >= 11 is 0. The van der Waals surface area contributed by atoms with E-state index < -0.39 is 6.61 Å². The lowest BCUT2D eigenvalue weighted by Crippen LogP contribution is -2.44. The zero-order valence-corrected chi connectivity index (χ0v) is 15.9. The first-order valence-corrected chi connectivity index (χ1v) is 9.37. The number of rotatable bonds is 7. The molecule has 0 radical (unpaired) electrons. The molecular weight excluding hydrogens is 364 g/mol. The highest BCUT2D eigenvalue weighted by atomic mass is 19.3. The Morgan fingerprint density at radius 1 is 1.04 bits per heavy atom. The highest BCUT2D eigenvalue weighted by Gasteiger charge is 2.14. The molecule has 2 aromatic carbocycles. The van der Waals surface area contributed by atoms with Crippen molar-refractivity contribution in [1.29, 1.82) is 0 Å². The molecule has 7 heteroatoms. The molecular formula is C21H25F2N3O2. The van der Waals surface area contributed by atoms with Crippen LogP contribution in [0.4, 0.5) is 20.2 Å². The number of carbonyl (C=O) groups excluding carboxylic acids is 1. The average Bonchev–Trinajstić information content (AvgIpc) is 2.68. The highest BCUT2D eigenvalue weighted by Crippen LogP contribution is 2.20. The van der Waals surface area contributed by atoms with Gasteiger partial charge in [0, 0.05) is 44.0 Å². The van der Waals surface area contributed by atoms with E-state index in [1.807, 2.05) is 24.3 Å². The maximum atomic E-state index is 12.2. The maximum Gasteiger partial charge on any atom is 0.387 e. The summed E-state index contributed by atoms with van der Waals surface area (Å²) in [4.78, 5) is 16.8. The molecule has 1 amide bonds. The van der Waals surface area contributed by atoms with Crippen LogP contribution in [0.25, 0.3) is 0 Å². The summed E-state index contributed by atoms with van der Waals surface area (Å²) in [6, 6.07) is 14.2. The van der Waals surface area contributed by atoms with Gasteiger partial charge in [0.25, 0.3) is 0 Å². The standard InChI is InChI=1S/C21H25F2N3O2/c1-25-12-14-26(15-13-25)18-7-5-17(6-8-18)24-20(27)11-4-16-2-9-19(10-3-16)28-21(22)23/h2-3,5-10,21H,4,11-15H2,1H3,(H,24,27). The normalized spacial score (nSPS) is 14.9. The molecule has 1 fully saturated rings. The van der Waals surface area contributed by atoms with Crippen LogP contribution in [0, 0.1) is 0 Å². The van der Waals surface area contributed by atoms with Gasteiger partial charge in [-0.3, -0.25) is 4.79 Å². The van der Waals surface area contributed by atoms with Gasteiger partial charge in [0.05, 0.1) is 0 Å². The van der Waals surface area contributed by atoms with Gasteiger partial charge < -0.3 is 19.9 Å². The number of benzene rings is 2. The number of piperazine rings is 1. The van der Waals surface area contributed by atoms with E-state index in [0.717, 1.165) is 43.1 Å². The summed E-state index contributed by atoms with van der Waals surface area (Å²) in [5.74, 6) is 0.0314. The topological polar surface area (TPSA) is 44.8 Å². The third kappa shape index (κ3) is 5.92. The number of aryl methyl sites for hydroxylation is 1. The summed E-state index contributed by atoms with van der Waals surface area (Å²) in [7, 11) is 2.13. The molecule has 5 nitrogen and oxygen atoms in total. The zero-order valence-electron chi connectivity index (χ0n) is 15.9. The van der Waals surface area contributed by atoms with Crippen molar-refractivity contribution in [3.8, 4) is 5.75 Å². The summed E-state index contributed by atoms with van der Waals surface area (Å²) < 4.78 is 28.6. The smallest absolute Gasteiger partial charge is 0.387 e. The van der Waals surface area contributed by atoms with Crippen LogP contribution in [0.1, 0.15) is 12.0 Å². The molecule has 1 N–H and O–H groups in total. The molecule has 0 aliphatic carbocycles. The average molecular weight is 389 g/mol. The van der Waals surface area contributed by atoms with E-state index in [1.165, 1.54) is 12.1 Å². The number of nitrogens with one attached hydrogen (secondary N) is 1. The van der Waals surface area contributed by atoms with E-state index in [4.69, 9.17) is 0 Å². The quantitative estimate of drug-likeness (QED) is 0.786. The van der Waals surface area contributed by atoms with Crippen molar-refractivity contribution in [2.75, 3.05) is 43.4 Å². The summed E-state index contributed by atoms with van der Waals surface area (Å²) in [6.07, 6.45) is 0.843. The first-order chi connectivity index (χ1) is 13.5. The van der Waals surface area contributed by atoms with E-state index in [9.17, 15) is 13.6 Å². The van der Waals surface area contributed by atoms with Gasteiger partial charge in [0.2, 0.25) is 5.91 Å². The van der Waals surface area contributed by atoms with E-state index >= 15 is 0 Å². The minimum atomic E-state index is -2.83. The molecule has 1 saturated heterocycles. The van der Waals surface area contributed by atoms with Crippen LogP contribution < -0.4 is 15.0 Å². The fourth-order valence-electron chi connectivity index (χ4n) is 3.14. The second-order valence-corrected chi connectivity index (χ2v) is 6.91. The van der Waals surface area contributed by atoms with Gasteiger partial charge in [-0.05, 0) is 55.4 Å². The fraction of sp³-hybridized carbons (Fsp3) is 0.381. The number of amides is 1. The number of hydrogen-bond donors (Lipinski definition) is 1. The van der Waals surface area contributed by atoms with Gasteiger partial charge >= 0.3 is 6.61 Å². The van der Waals surface area contributed by atoms with Crippen molar-refractivity contribution in [3.63, 3.8) is 0 Å². The maximum absolute atomic E-state index is 12.2. The molecule has 1 aliphatic rings. The first kappa shape index (κ1) is 20.1. The summed E-state index contributed by atoms with van der Waals surface area (Å²) in [6.45, 7) is 1.27. The van der Waals surface area contributed by atoms with Crippen LogP contribution in [0.3, 0.4) is 0 Å². The lowest BCUT2D eigenvalue weighted by Gasteiger charge is -2.34. The number of carbonyl (C=O) groups is 1. The number of ether oxygens (including phenoxy) is 1. The Balaban J connectivity index is 1.45. The minimum absolute atomic E-state index is 0.0831. The lowest BCUT2D eigenvalue weighted by molar-refractivity contribution is -0.116. The van der Waals surface area contributed by atoms with Gasteiger partial charge in [0.1, 0.15) is 5.75 Å². The number of alkyl halides is 2. The third-order valence-corrected chi connectivity index (χ3v) is 4.81. The predicted octanol–water partition coefficient (Wildman–Crippen LogP) is 3.61. The van der Waals surface area contributed by atoms with Crippen molar-refractivity contribution < 1.29 is 18.3 Å². The van der Waals surface area contributed by atoms with E-state index in [2.05, 4.69) is 26.9 Å². The number of anilines is 2. The highest BCUT2D eigenvalue weighted by molar-refractivity contribution is 5.91. The van der Waals surface area contributed by atoms with E-state index in [1.54, 1.807) is 12.1 Å². The largest absolute Gasteiger partial charge is 0.435 e. The van der Waals surface area contributed by atoms with Crippen LogP contribution >= 0.6 is 0 Å². The van der Waals surface area contributed by atoms with Crippen molar-refractivity contribution >= 4 is 17.3 Å². The molecule has 3 rings (SSSR count). The van der Waals surface area contributed by atoms with Crippen LogP contribution in [0.2, 0.25) is 0 Å². The molecule has 0 aromatic heterocycles. The molecule has 0 spiro atoms. The van der Waals surface area contributed by atoms with Gasteiger partial charge in [-0.2, -0.15) is 8.78 Å². The summed E-state index contributed by atoms with van der Waals surface area (Å²) in [5, 5.41) is 2.90. The molecule has 0 unspecified atom stereocenters. The monoisotopic (exact) mass is 389 g/mol. The van der Waals surface area contributed by atoms with Crippen molar-refractivity contribution in [3.05, 3.63) is 54.1 Å². The van der Waals surface area contributed by atoms with Crippen LogP contribution in [-0.4, -0.2) is 50.6 Å². The van der Waals surface area contributed by atoms with E-state index in [-0.39, 0.29) is 11.7 Å². The van der Waals surface area contributed by atoms with Crippen molar-refractivity contribution in [2.45, 2.75) is 19.5 Å². The molecule has 1 aliphatic heterocycles. The minimum Gasteiger partial charge on any atom is -0.435 e. The van der Waals surface area contributed by atoms with Gasteiger partial charge in [-0.25, -0.2) is 0 Å². The van der Waals surface area contributed by atoms with Gasteiger partial charge in [-0.15, -0.1) is 0 Å². The SMILES string of the molecule is CN1CCN(c2ccc(NC(=O)CCc3ccc(OC(F)F)cc3)cc2)CC1. The molecule has 0 atom stereocenters. The molecule has 28 heavy (non-hydrogen) atoms. The molecule has 1 heterocycles. The van der Waals surface area contributed by atoms with Crippen molar-refractivity contribution in [2.24, 2.45) is 0 Å². The first-order valence-electron chi connectivity index (χ1n) is 9.37. The molecule has 2 aromatic rings. The second-order valence-electron chi connectivity index (χ2n) is 6.91.